The summed E-state index contributed by atoms with van der Waals surface area (Å²) in [5.41, 5.74) is -0.869. The first-order valence-electron chi connectivity index (χ1n) is 11.3. The Morgan fingerprint density at radius 1 is 0.893 bits per heavy atom. The lowest BCUT2D eigenvalue weighted by Crippen LogP contribution is -2.27. The highest BCUT2D eigenvalue weighted by Crippen LogP contribution is 2.17. The maximum absolute atomic E-state index is 12.0. The number of unbranched alkanes of at least 4 members (excludes halogenated alkanes) is 11. The zero-order valence-electron chi connectivity index (χ0n) is 18.6. The molecule has 0 N–H and O–H groups in total. The predicted molar refractivity (Wildman–Crippen MR) is 117 cm³/mol. The Morgan fingerprint density at radius 3 is 1.89 bits per heavy atom. The summed E-state index contributed by atoms with van der Waals surface area (Å²) in [6.07, 6.45) is 19.3. The van der Waals surface area contributed by atoms with Crippen molar-refractivity contribution in [3.63, 3.8) is 0 Å². The van der Waals surface area contributed by atoms with E-state index in [0.717, 1.165) is 13.0 Å². The number of esters is 1. The van der Waals surface area contributed by atoms with E-state index in [4.69, 9.17) is 4.74 Å². The SMILES string of the molecule is CCCCCCCCCCCCCCn1ccc(=O)c(OC(=O)C(C)(C)C)c1. The van der Waals surface area contributed by atoms with Crippen LogP contribution in [0.1, 0.15) is 105 Å². The average molecular weight is 392 g/mol. The molecule has 160 valence electrons. The molecule has 0 aliphatic heterocycles. The average Bonchev–Trinajstić information content (AvgIpc) is 2.64. The van der Waals surface area contributed by atoms with Gasteiger partial charge in [-0.25, -0.2) is 0 Å². The van der Waals surface area contributed by atoms with Gasteiger partial charge in [-0.2, -0.15) is 0 Å². The first kappa shape index (κ1) is 24.5. The zero-order chi connectivity index (χ0) is 20.8. The van der Waals surface area contributed by atoms with Crippen molar-refractivity contribution in [1.82, 2.24) is 4.57 Å². The van der Waals surface area contributed by atoms with Crippen molar-refractivity contribution in [2.45, 2.75) is 111 Å². The fourth-order valence-corrected chi connectivity index (χ4v) is 3.11. The highest BCUT2D eigenvalue weighted by molar-refractivity contribution is 5.77. The van der Waals surface area contributed by atoms with Crippen molar-refractivity contribution in [2.75, 3.05) is 0 Å². The van der Waals surface area contributed by atoms with Crippen molar-refractivity contribution < 1.29 is 9.53 Å². The number of nitrogens with zero attached hydrogens (tertiary/aromatic N) is 1. The van der Waals surface area contributed by atoms with E-state index in [1.165, 1.54) is 76.7 Å². The van der Waals surface area contributed by atoms with Gasteiger partial charge in [-0.3, -0.25) is 9.59 Å². The molecule has 1 heterocycles. The Balaban J connectivity index is 2.18. The van der Waals surface area contributed by atoms with Gasteiger partial charge in [0.25, 0.3) is 0 Å². The molecule has 0 fully saturated rings. The smallest absolute Gasteiger partial charge is 0.316 e. The van der Waals surface area contributed by atoms with Gasteiger partial charge < -0.3 is 9.30 Å². The van der Waals surface area contributed by atoms with Crippen LogP contribution in [-0.2, 0) is 11.3 Å². The second-order valence-electron chi connectivity index (χ2n) is 8.94. The van der Waals surface area contributed by atoms with Crippen LogP contribution in [0.5, 0.6) is 5.75 Å². The molecular weight excluding hydrogens is 350 g/mol. The van der Waals surface area contributed by atoms with Gasteiger partial charge in [0, 0.05) is 18.8 Å². The largest absolute Gasteiger partial charge is 0.420 e. The van der Waals surface area contributed by atoms with Crippen LogP contribution < -0.4 is 10.2 Å². The second kappa shape index (κ2) is 13.6. The van der Waals surface area contributed by atoms with Crippen LogP contribution in [0.4, 0.5) is 0 Å². The fraction of sp³-hybridized carbons (Fsp3) is 0.750. The molecule has 0 bridgehead atoms. The Morgan fingerprint density at radius 2 is 1.39 bits per heavy atom. The molecule has 0 unspecified atom stereocenters. The molecule has 1 aromatic rings. The van der Waals surface area contributed by atoms with E-state index in [1.807, 2.05) is 4.57 Å². The van der Waals surface area contributed by atoms with Gasteiger partial charge in [0.15, 0.2) is 5.75 Å². The Hall–Kier alpha value is -1.58. The molecular formula is C24H41NO3. The molecule has 1 rings (SSSR count). The van der Waals surface area contributed by atoms with Crippen LogP contribution in [-0.4, -0.2) is 10.5 Å². The lowest BCUT2D eigenvalue weighted by atomic mass is 9.97. The Bertz CT molecular complexity index is 613. The van der Waals surface area contributed by atoms with Crippen LogP contribution in [0, 0.1) is 5.41 Å². The van der Waals surface area contributed by atoms with Gasteiger partial charge in [-0.05, 0) is 27.2 Å². The molecule has 0 aliphatic carbocycles. The molecule has 0 saturated carbocycles. The van der Waals surface area contributed by atoms with E-state index in [2.05, 4.69) is 6.92 Å². The molecule has 0 amide bonds. The minimum absolute atomic E-state index is 0.126. The van der Waals surface area contributed by atoms with E-state index < -0.39 is 5.41 Å². The number of aryl methyl sites for hydroxylation is 1. The predicted octanol–water partition coefficient (Wildman–Crippen LogP) is 6.50. The van der Waals surface area contributed by atoms with Crippen molar-refractivity contribution in [3.05, 3.63) is 28.7 Å². The normalized spacial score (nSPS) is 11.6. The van der Waals surface area contributed by atoms with E-state index in [0.29, 0.717) is 0 Å². The van der Waals surface area contributed by atoms with E-state index in [9.17, 15) is 9.59 Å². The van der Waals surface area contributed by atoms with E-state index >= 15 is 0 Å². The summed E-state index contributed by atoms with van der Waals surface area (Å²) in [6.45, 7) is 8.45. The molecule has 4 heteroatoms. The first-order valence-corrected chi connectivity index (χ1v) is 11.3. The third-order valence-corrected chi connectivity index (χ3v) is 5.03. The van der Waals surface area contributed by atoms with E-state index in [1.54, 1.807) is 33.2 Å². The number of rotatable bonds is 14. The maximum Gasteiger partial charge on any atom is 0.316 e. The third-order valence-electron chi connectivity index (χ3n) is 5.03. The number of carbonyl (C=O) groups excluding carboxylic acids is 1. The minimum atomic E-state index is -0.622. The quantitative estimate of drug-likeness (QED) is 0.268. The molecule has 0 atom stereocenters. The summed E-state index contributed by atoms with van der Waals surface area (Å²) >= 11 is 0. The highest BCUT2D eigenvalue weighted by Gasteiger charge is 2.24. The molecule has 4 nitrogen and oxygen atoms in total. The van der Waals surface area contributed by atoms with Gasteiger partial charge in [0.1, 0.15) is 0 Å². The number of pyridine rings is 1. The van der Waals surface area contributed by atoms with Crippen molar-refractivity contribution in [3.8, 4) is 5.75 Å². The summed E-state index contributed by atoms with van der Waals surface area (Å²) < 4.78 is 7.24. The van der Waals surface area contributed by atoms with Crippen LogP contribution in [0.15, 0.2) is 23.3 Å². The summed E-state index contributed by atoms with van der Waals surface area (Å²) in [7, 11) is 0. The Labute approximate surface area is 171 Å². The molecule has 0 radical (unpaired) electrons. The molecule has 0 spiro atoms. The summed E-state index contributed by atoms with van der Waals surface area (Å²) in [5, 5.41) is 0. The van der Waals surface area contributed by atoms with Crippen molar-refractivity contribution >= 4 is 5.97 Å². The second-order valence-corrected chi connectivity index (χ2v) is 8.94. The molecule has 0 saturated heterocycles. The summed E-state index contributed by atoms with van der Waals surface area (Å²) in [6, 6.07) is 1.48. The van der Waals surface area contributed by atoms with Gasteiger partial charge in [0.2, 0.25) is 5.43 Å². The molecule has 0 aliphatic rings. The Kier molecular flexibility index (Phi) is 11.9. The lowest BCUT2D eigenvalue weighted by molar-refractivity contribution is -0.143. The van der Waals surface area contributed by atoms with Crippen molar-refractivity contribution in [1.29, 1.82) is 0 Å². The summed E-state index contributed by atoms with van der Waals surface area (Å²) in [5.74, 6) is -0.255. The van der Waals surface area contributed by atoms with Crippen molar-refractivity contribution in [2.24, 2.45) is 5.41 Å². The number of ether oxygens (including phenoxy) is 1. The van der Waals surface area contributed by atoms with Crippen LogP contribution in [0.3, 0.4) is 0 Å². The number of carbonyl (C=O) groups is 1. The number of aromatic nitrogens is 1. The monoisotopic (exact) mass is 391 g/mol. The maximum atomic E-state index is 12.0. The highest BCUT2D eigenvalue weighted by atomic mass is 16.5. The molecule has 1 aromatic heterocycles. The third kappa shape index (κ3) is 10.7. The van der Waals surface area contributed by atoms with Crippen LogP contribution in [0.25, 0.3) is 0 Å². The topological polar surface area (TPSA) is 48.3 Å². The minimum Gasteiger partial charge on any atom is -0.420 e. The van der Waals surface area contributed by atoms with Gasteiger partial charge in [-0.1, -0.05) is 77.6 Å². The number of hydrogen-bond donors (Lipinski definition) is 0. The summed E-state index contributed by atoms with van der Waals surface area (Å²) in [4.78, 5) is 23.9. The van der Waals surface area contributed by atoms with Crippen LogP contribution in [0.2, 0.25) is 0 Å². The first-order chi connectivity index (χ1) is 13.3. The lowest BCUT2D eigenvalue weighted by Gasteiger charge is -2.16. The van der Waals surface area contributed by atoms with Gasteiger partial charge >= 0.3 is 5.97 Å². The van der Waals surface area contributed by atoms with Gasteiger partial charge in [0.05, 0.1) is 11.6 Å². The molecule has 0 aromatic carbocycles. The van der Waals surface area contributed by atoms with Gasteiger partial charge in [-0.15, -0.1) is 0 Å². The van der Waals surface area contributed by atoms with E-state index in [-0.39, 0.29) is 17.1 Å². The fourth-order valence-electron chi connectivity index (χ4n) is 3.11. The van der Waals surface area contributed by atoms with Crippen LogP contribution >= 0.6 is 0 Å². The zero-order valence-corrected chi connectivity index (χ0v) is 18.6. The standard InChI is InChI=1S/C24H41NO3/c1-5-6-7-8-9-10-11-12-13-14-15-16-18-25-19-17-21(26)22(20-25)28-23(27)24(2,3)4/h17,19-20H,5-16,18H2,1-4H3. The molecule has 28 heavy (non-hydrogen) atoms. The number of hydrogen-bond acceptors (Lipinski definition) is 3.